The van der Waals surface area contributed by atoms with Crippen molar-refractivity contribution < 1.29 is 80.6 Å². The summed E-state index contributed by atoms with van der Waals surface area (Å²) in [5.74, 6) is 2.62. The molecule has 0 aromatic heterocycles. The van der Waals surface area contributed by atoms with Crippen LogP contribution in [0, 0.1) is 0 Å². The van der Waals surface area contributed by atoms with Crippen LogP contribution in [0.2, 0.25) is 0 Å². The van der Waals surface area contributed by atoms with Gasteiger partial charge in [-0.05, 0) is 24.3 Å². The van der Waals surface area contributed by atoms with Crippen molar-refractivity contribution in [3.63, 3.8) is 0 Å². The molecule has 326 valence electrons. The summed E-state index contributed by atoms with van der Waals surface area (Å²) < 4.78 is 95.1. The molecule has 8 heterocycles. The molecule has 7 fully saturated rings. The molecule has 0 aliphatic carbocycles. The first kappa shape index (κ1) is 39.1. The van der Waals surface area contributed by atoms with Gasteiger partial charge in [0.25, 0.3) is 0 Å². The van der Waals surface area contributed by atoms with Crippen LogP contribution in [-0.4, -0.2) is 147 Å². The lowest BCUT2D eigenvalue weighted by Gasteiger charge is -2.39. The number of epoxide rings is 7. The second-order valence-corrected chi connectivity index (χ2v) is 16.4. The van der Waals surface area contributed by atoms with Crippen molar-refractivity contribution in [2.75, 3.05) is 92.5 Å². The number of carbonyl (C=O) groups excluding carboxylic acids is 1. The minimum Gasteiger partial charge on any atom is -0.491 e. The third-order valence-electron chi connectivity index (χ3n) is 11.2. The highest BCUT2D eigenvalue weighted by molar-refractivity contribution is 5.91. The van der Waals surface area contributed by atoms with Gasteiger partial charge in [-0.1, -0.05) is 13.0 Å². The summed E-state index contributed by atoms with van der Waals surface area (Å²) in [5, 5.41) is 0. The molecular weight excluding hydrogens is 800 g/mol. The van der Waals surface area contributed by atoms with Gasteiger partial charge in [-0.2, -0.15) is 0 Å². The first-order valence-corrected chi connectivity index (χ1v) is 21.0. The number of benzene rings is 3. The fraction of sp³-hybridized carbons (Fsp3) is 0.568. The van der Waals surface area contributed by atoms with E-state index < -0.39 is 24.1 Å². The fourth-order valence-electron chi connectivity index (χ4n) is 6.98. The van der Waals surface area contributed by atoms with Gasteiger partial charge in [0.05, 0.1) is 51.8 Å². The summed E-state index contributed by atoms with van der Waals surface area (Å²) in [4.78, 5) is 14.7. The average Bonchev–Trinajstić information content (AvgIpc) is 4.06. The Morgan fingerprint density at radius 2 is 0.984 bits per heavy atom. The molecule has 3 aromatic rings. The zero-order valence-electron chi connectivity index (χ0n) is 33.7. The lowest BCUT2D eigenvalue weighted by Crippen LogP contribution is -2.37. The Bertz CT molecular complexity index is 2030. The molecule has 0 bridgehead atoms. The highest BCUT2D eigenvalue weighted by Gasteiger charge is 2.44. The summed E-state index contributed by atoms with van der Waals surface area (Å²) in [6.07, 6.45) is -1.77. The van der Waals surface area contributed by atoms with E-state index in [9.17, 15) is 4.79 Å². The van der Waals surface area contributed by atoms with E-state index in [4.69, 9.17) is 75.8 Å². The first-order valence-electron chi connectivity index (χ1n) is 21.0. The molecule has 10 atom stereocenters. The van der Waals surface area contributed by atoms with Crippen molar-refractivity contribution in [2.24, 2.45) is 0 Å². The Hall–Kier alpha value is -4.75. The Balaban J connectivity index is 0.942. The Kier molecular flexibility index (Phi) is 10.8. The van der Waals surface area contributed by atoms with Gasteiger partial charge in [0.2, 0.25) is 5.75 Å². The van der Waals surface area contributed by atoms with E-state index in [1.807, 2.05) is 37.3 Å². The second kappa shape index (κ2) is 16.8. The molecule has 17 heteroatoms. The summed E-state index contributed by atoms with van der Waals surface area (Å²) in [6, 6.07) is 12.5. The van der Waals surface area contributed by atoms with E-state index in [1.165, 1.54) is 0 Å². The number of esters is 1. The maximum atomic E-state index is 14.7. The van der Waals surface area contributed by atoms with Crippen LogP contribution in [0.1, 0.15) is 40.4 Å². The zero-order valence-corrected chi connectivity index (χ0v) is 33.7. The van der Waals surface area contributed by atoms with Gasteiger partial charge < -0.3 is 75.8 Å². The smallest absolute Gasteiger partial charge is 0.338 e. The maximum absolute atomic E-state index is 14.7. The monoisotopic (exact) mass is 848 g/mol. The van der Waals surface area contributed by atoms with Crippen molar-refractivity contribution in [3.05, 3.63) is 59.2 Å². The van der Waals surface area contributed by atoms with Crippen LogP contribution in [0.4, 0.5) is 0 Å². The first-order chi connectivity index (χ1) is 30.0. The van der Waals surface area contributed by atoms with Crippen LogP contribution in [0.3, 0.4) is 0 Å². The lowest BCUT2D eigenvalue weighted by atomic mass is 9.85. The second-order valence-electron chi connectivity index (χ2n) is 16.4. The normalized spacial score (nSPS) is 30.4. The minimum absolute atomic E-state index is 0.00361. The van der Waals surface area contributed by atoms with E-state index in [-0.39, 0.29) is 61.5 Å². The van der Waals surface area contributed by atoms with Gasteiger partial charge in [-0.3, -0.25) is 0 Å². The van der Waals surface area contributed by atoms with Crippen LogP contribution in [-0.2, 0) is 37.9 Å². The zero-order chi connectivity index (χ0) is 40.9. The highest BCUT2D eigenvalue weighted by atomic mass is 16.6. The molecule has 8 aliphatic heterocycles. The van der Waals surface area contributed by atoms with Gasteiger partial charge in [-0.15, -0.1) is 0 Å². The topological polar surface area (TPSA) is 188 Å². The number of hydrogen-bond acceptors (Lipinski definition) is 17. The van der Waals surface area contributed by atoms with Gasteiger partial charge in [-0.25, -0.2) is 4.79 Å². The Morgan fingerprint density at radius 3 is 1.51 bits per heavy atom. The highest BCUT2D eigenvalue weighted by Crippen LogP contribution is 2.51. The van der Waals surface area contributed by atoms with Crippen LogP contribution >= 0.6 is 0 Å². The largest absolute Gasteiger partial charge is 0.491 e. The van der Waals surface area contributed by atoms with Gasteiger partial charge >= 0.3 is 5.97 Å². The van der Waals surface area contributed by atoms with Crippen molar-refractivity contribution in [3.8, 4) is 46.0 Å². The summed E-state index contributed by atoms with van der Waals surface area (Å²) in [7, 11) is 0. The number of ether oxygens (including phenoxy) is 16. The minimum atomic E-state index is -0.881. The summed E-state index contributed by atoms with van der Waals surface area (Å²) >= 11 is 0. The van der Waals surface area contributed by atoms with E-state index in [2.05, 4.69) is 0 Å². The van der Waals surface area contributed by atoms with Crippen molar-refractivity contribution in [2.45, 2.75) is 67.8 Å². The Morgan fingerprint density at radius 1 is 0.525 bits per heavy atom. The molecule has 8 aliphatic rings. The third-order valence-corrected chi connectivity index (χ3v) is 11.2. The molecular formula is C44H48O17. The number of hydrogen-bond donors (Lipinski definition) is 0. The van der Waals surface area contributed by atoms with E-state index >= 15 is 0 Å². The molecule has 0 radical (unpaired) electrons. The van der Waals surface area contributed by atoms with E-state index in [1.54, 1.807) is 12.1 Å². The molecule has 0 amide bonds. The molecule has 61 heavy (non-hydrogen) atoms. The molecule has 3 aromatic carbocycles. The van der Waals surface area contributed by atoms with Gasteiger partial charge in [0, 0.05) is 29.2 Å². The Labute approximate surface area is 351 Å². The van der Waals surface area contributed by atoms with Crippen molar-refractivity contribution in [1.82, 2.24) is 0 Å². The fourth-order valence-corrected chi connectivity index (χ4v) is 6.98. The summed E-state index contributed by atoms with van der Waals surface area (Å²) in [5.41, 5.74) is 1.61. The molecule has 0 N–H and O–H groups in total. The van der Waals surface area contributed by atoms with E-state index in [0.717, 1.165) is 5.56 Å². The lowest BCUT2D eigenvalue weighted by molar-refractivity contribution is -0.0301. The van der Waals surface area contributed by atoms with Gasteiger partial charge in [0.15, 0.2) is 29.1 Å². The molecule has 0 spiro atoms. The van der Waals surface area contributed by atoms with Crippen LogP contribution in [0.15, 0.2) is 42.5 Å². The summed E-state index contributed by atoms with van der Waals surface area (Å²) in [6.45, 7) is 8.62. The van der Waals surface area contributed by atoms with Crippen LogP contribution in [0.5, 0.6) is 46.0 Å². The average molecular weight is 849 g/mol. The van der Waals surface area contributed by atoms with Crippen LogP contribution < -0.4 is 37.9 Å². The van der Waals surface area contributed by atoms with E-state index in [0.29, 0.717) is 131 Å². The SMILES string of the molecule is CC1c2c(OCC3CO3)cc(OCC3CO3)cc2OC(c2ccc(OCC3CO3)c(OCC3CO3)c2)C1OC(=O)c1cc(OCC2CO2)c(OCC2CO2)c(OCC2CO2)c1. The molecule has 11 rings (SSSR count). The maximum Gasteiger partial charge on any atom is 0.338 e. The number of carbonyl (C=O) groups is 1. The standard InChI is InChI=1S/C44H48O17/c1-23-40-36(56-19-30-13-50-30)7-26(46-9-27-10-47-27)8-37(40)60-42(24-2-3-34(54-17-28-11-48-28)35(4-24)55-18-29-12-49-29)41(23)61-44(45)25-5-38(57-20-31-14-51-31)43(59-22-33-16-53-33)39(6-25)58-21-32-15-52-32/h2-8,23,27-33,41-42H,9-22H2,1H3. The number of rotatable bonds is 24. The number of fused-ring (bicyclic) bond motifs is 1. The van der Waals surface area contributed by atoms with Crippen LogP contribution in [0.25, 0.3) is 0 Å². The molecule has 17 nitrogen and oxygen atoms in total. The van der Waals surface area contributed by atoms with Crippen molar-refractivity contribution in [1.29, 1.82) is 0 Å². The predicted octanol–water partition coefficient (Wildman–Crippen LogP) is 3.59. The molecule has 7 saturated heterocycles. The predicted molar refractivity (Wildman–Crippen MR) is 207 cm³/mol. The quantitative estimate of drug-likeness (QED) is 0.0939. The molecule has 10 unspecified atom stereocenters. The third kappa shape index (κ3) is 10.1. The van der Waals surface area contributed by atoms with Crippen molar-refractivity contribution >= 4 is 5.97 Å². The van der Waals surface area contributed by atoms with Gasteiger partial charge in [0.1, 0.15) is 112 Å². The molecule has 0 saturated carbocycles.